The first-order valence-corrected chi connectivity index (χ1v) is 19.7. The molecule has 4 aliphatic rings. The van der Waals surface area contributed by atoms with E-state index < -0.39 is 7.14 Å². The average Bonchev–Trinajstić information content (AvgIpc) is 3.73. The van der Waals surface area contributed by atoms with Crippen molar-refractivity contribution in [3.05, 3.63) is 41.0 Å². The highest BCUT2D eigenvalue weighted by Crippen LogP contribution is 2.45. The summed E-state index contributed by atoms with van der Waals surface area (Å²) < 4.78 is 37.8. The fourth-order valence-electron chi connectivity index (χ4n) is 7.24. The van der Waals surface area contributed by atoms with Gasteiger partial charge in [-0.2, -0.15) is 0 Å². The number of carbonyl (C=O) groups excluding carboxylic acids is 3. The highest BCUT2D eigenvalue weighted by molar-refractivity contribution is 7.63. The van der Waals surface area contributed by atoms with Crippen LogP contribution in [0.1, 0.15) is 78.1 Å². The van der Waals surface area contributed by atoms with Gasteiger partial charge in [-0.05, 0) is 68.7 Å². The van der Waals surface area contributed by atoms with E-state index in [-0.39, 0.29) is 61.6 Å². The summed E-state index contributed by atoms with van der Waals surface area (Å²) in [5.74, 6) is 1.55. The monoisotopic (exact) mass is 694 g/mol. The van der Waals surface area contributed by atoms with Crippen LogP contribution in [-0.2, 0) is 15.8 Å². The quantitative estimate of drug-likeness (QED) is 0.264. The van der Waals surface area contributed by atoms with E-state index in [1.165, 1.54) is 7.11 Å². The van der Waals surface area contributed by atoms with Gasteiger partial charge in [0, 0.05) is 55.7 Å². The van der Waals surface area contributed by atoms with Crippen molar-refractivity contribution in [1.82, 2.24) is 15.1 Å². The number of nitrogens with one attached hydrogen (secondary N) is 1. The second kappa shape index (κ2) is 15.2. The van der Waals surface area contributed by atoms with Crippen LogP contribution in [0, 0.1) is 0 Å². The van der Waals surface area contributed by atoms with Gasteiger partial charge in [-0.25, -0.2) is 0 Å². The molecule has 6 rings (SSSR count). The lowest BCUT2D eigenvalue weighted by atomic mass is 10.0. The second-order valence-electron chi connectivity index (χ2n) is 13.2. The Bertz CT molecular complexity index is 1660. The number of carbonyl (C=O) groups is 3. The fraction of sp³-hybridized carbons (Fsp3) is 0.556. The number of nitrogens with zero attached hydrogens (tertiary/aromatic N) is 3. The van der Waals surface area contributed by atoms with Crippen LogP contribution < -0.4 is 24.3 Å². The van der Waals surface area contributed by atoms with Gasteiger partial charge in [0.1, 0.15) is 7.14 Å². The zero-order chi connectivity index (χ0) is 34.5. The predicted molar refractivity (Wildman–Crippen MR) is 187 cm³/mol. The van der Waals surface area contributed by atoms with Gasteiger partial charge < -0.3 is 38.6 Å². The van der Waals surface area contributed by atoms with Crippen molar-refractivity contribution in [3.8, 4) is 23.0 Å². The second-order valence-corrected chi connectivity index (χ2v) is 16.5. The molecule has 0 radical (unpaired) electrons. The van der Waals surface area contributed by atoms with Gasteiger partial charge in [-0.3, -0.25) is 19.4 Å². The van der Waals surface area contributed by atoms with Crippen LogP contribution in [0.5, 0.6) is 23.0 Å². The number of hydrogen-bond donors (Lipinski definition) is 1. The van der Waals surface area contributed by atoms with E-state index in [9.17, 15) is 18.9 Å². The van der Waals surface area contributed by atoms with Gasteiger partial charge in [0.25, 0.3) is 11.8 Å². The largest absolute Gasteiger partial charge is 0.493 e. The summed E-state index contributed by atoms with van der Waals surface area (Å²) >= 11 is 0. The Kier molecular flexibility index (Phi) is 10.8. The van der Waals surface area contributed by atoms with Crippen molar-refractivity contribution in [2.24, 2.45) is 4.99 Å². The number of fused-ring (bicyclic) bond motifs is 4. The summed E-state index contributed by atoms with van der Waals surface area (Å²) in [5.41, 5.74) is 2.55. The molecule has 3 amide bonds. The molecular weight excluding hydrogens is 647 g/mol. The average molecular weight is 695 g/mol. The molecule has 264 valence electrons. The molecule has 1 unspecified atom stereocenters. The highest BCUT2D eigenvalue weighted by Gasteiger charge is 2.35. The molecular formula is C36H47N4O8P. The van der Waals surface area contributed by atoms with Crippen molar-refractivity contribution in [1.29, 1.82) is 0 Å². The molecule has 3 atom stereocenters. The predicted octanol–water partition coefficient (Wildman–Crippen LogP) is 5.27. The van der Waals surface area contributed by atoms with Gasteiger partial charge in [-0.1, -0.05) is 6.92 Å². The summed E-state index contributed by atoms with van der Waals surface area (Å²) in [6.07, 6.45) is 8.80. The van der Waals surface area contributed by atoms with Gasteiger partial charge >= 0.3 is 0 Å². The number of aryl methyl sites for hydroxylation is 1. The summed E-state index contributed by atoms with van der Waals surface area (Å²) in [5, 5.41) is 2.84. The molecule has 2 aromatic rings. The molecule has 49 heavy (non-hydrogen) atoms. The van der Waals surface area contributed by atoms with Crippen LogP contribution >= 0.6 is 7.14 Å². The first-order valence-electron chi connectivity index (χ1n) is 17.4. The van der Waals surface area contributed by atoms with Gasteiger partial charge in [0.15, 0.2) is 23.0 Å². The third-order valence-corrected chi connectivity index (χ3v) is 12.7. The Labute approximate surface area is 287 Å². The molecule has 2 aromatic carbocycles. The molecule has 2 fully saturated rings. The Hall–Kier alpha value is -4.05. The van der Waals surface area contributed by atoms with Crippen molar-refractivity contribution in [2.45, 2.75) is 70.4 Å². The third-order valence-electron chi connectivity index (χ3n) is 10.0. The molecule has 0 aromatic heterocycles. The first kappa shape index (κ1) is 34.8. The smallest absolute Gasteiger partial charge is 0.256 e. The summed E-state index contributed by atoms with van der Waals surface area (Å²) in [4.78, 5) is 47.3. The van der Waals surface area contributed by atoms with E-state index in [1.54, 1.807) is 25.3 Å². The maximum Gasteiger partial charge on any atom is 0.256 e. The molecule has 0 spiro atoms. The zero-order valence-corrected chi connectivity index (χ0v) is 29.6. The van der Waals surface area contributed by atoms with Crippen LogP contribution in [0.25, 0.3) is 0 Å². The van der Waals surface area contributed by atoms with E-state index >= 15 is 0 Å². The standard InChI is InChI=1S/C36H47N4O8P/c1-4-7-34(41)38-23-49(44,16-14-47-32-18-24-10-11-25-8-5-12-39(25)35(42)27(24)19-30(32)45-2)17-15-48-33-21-29-28(20-31(33)46-3)36(43)40-13-6-9-26(40)22-37-29/h18-22,25-26H,4-17,23H2,1-3H3,(H,38,41)/t25-,26-,49?/m0/s1. The molecule has 13 heteroatoms. The van der Waals surface area contributed by atoms with Gasteiger partial charge in [0.2, 0.25) is 5.91 Å². The molecule has 12 nitrogen and oxygen atoms in total. The lowest BCUT2D eigenvalue weighted by Crippen LogP contribution is -2.35. The van der Waals surface area contributed by atoms with Crippen LogP contribution in [0.4, 0.5) is 5.69 Å². The Morgan fingerprint density at radius 2 is 1.53 bits per heavy atom. The number of benzene rings is 2. The number of hydrogen-bond acceptors (Lipinski definition) is 9. The number of amides is 3. The van der Waals surface area contributed by atoms with E-state index in [0.717, 1.165) is 50.6 Å². The number of ether oxygens (including phenoxy) is 4. The Balaban J connectivity index is 1.14. The zero-order valence-electron chi connectivity index (χ0n) is 28.7. The van der Waals surface area contributed by atoms with E-state index in [4.69, 9.17) is 18.9 Å². The van der Waals surface area contributed by atoms with Crippen molar-refractivity contribution >= 4 is 36.8 Å². The van der Waals surface area contributed by atoms with Crippen molar-refractivity contribution < 1.29 is 37.9 Å². The van der Waals surface area contributed by atoms with Crippen LogP contribution in [0.3, 0.4) is 0 Å². The highest BCUT2D eigenvalue weighted by atomic mass is 31.2. The van der Waals surface area contributed by atoms with E-state index in [2.05, 4.69) is 10.3 Å². The minimum Gasteiger partial charge on any atom is -0.493 e. The van der Waals surface area contributed by atoms with Crippen molar-refractivity contribution in [2.75, 3.05) is 59.1 Å². The third kappa shape index (κ3) is 7.59. The van der Waals surface area contributed by atoms with Crippen molar-refractivity contribution in [3.63, 3.8) is 0 Å². The van der Waals surface area contributed by atoms with Crippen LogP contribution in [-0.4, -0.2) is 105 Å². The lowest BCUT2D eigenvalue weighted by Gasteiger charge is -2.22. The SMILES string of the molecule is CCCC(=O)NCP(=O)(CCOc1cc2c(cc1OC)C(=O)N1CCC[C@H]1CC2)CCOc1cc2c(cc1OC)C(=O)N1CCC[C@H]1C=N2. The lowest BCUT2D eigenvalue weighted by molar-refractivity contribution is -0.120. The molecule has 4 aliphatic heterocycles. The van der Waals surface area contributed by atoms with Crippen LogP contribution in [0.2, 0.25) is 0 Å². The van der Waals surface area contributed by atoms with E-state index in [0.29, 0.717) is 59.2 Å². The maximum absolute atomic E-state index is 14.3. The number of rotatable bonds is 14. The summed E-state index contributed by atoms with van der Waals surface area (Å²) in [7, 11) is 0.0177. The minimum atomic E-state index is -3.04. The maximum atomic E-state index is 14.3. The van der Waals surface area contributed by atoms with Gasteiger partial charge in [-0.15, -0.1) is 0 Å². The van der Waals surface area contributed by atoms with E-state index in [1.807, 2.05) is 29.0 Å². The first-order chi connectivity index (χ1) is 23.7. The molecule has 0 aliphatic carbocycles. The summed E-state index contributed by atoms with van der Waals surface area (Å²) in [6.45, 7) is 3.60. The van der Waals surface area contributed by atoms with Gasteiger partial charge in [0.05, 0.1) is 51.0 Å². The number of methoxy groups -OCH3 is 2. The molecule has 0 saturated carbocycles. The van der Waals surface area contributed by atoms with Crippen LogP contribution in [0.15, 0.2) is 29.3 Å². The topological polar surface area (TPSA) is 136 Å². The number of aliphatic imine (C=N–C) groups is 1. The Morgan fingerprint density at radius 3 is 2.24 bits per heavy atom. The molecule has 1 N–H and O–H groups in total. The normalized spacial score (nSPS) is 20.7. The fourth-order valence-corrected chi connectivity index (χ4v) is 9.09. The minimum absolute atomic E-state index is 0.0164. The molecule has 4 heterocycles. The molecule has 0 bridgehead atoms. The summed E-state index contributed by atoms with van der Waals surface area (Å²) in [6, 6.07) is 7.26. The molecule has 2 saturated heterocycles. The Morgan fingerprint density at radius 1 is 0.878 bits per heavy atom.